The fraction of sp³-hybridized carbons (Fsp3) is 0.150. The Kier molecular flexibility index (Phi) is 5.22. The summed E-state index contributed by atoms with van der Waals surface area (Å²) in [5.74, 6) is -0.558. The van der Waals surface area contributed by atoms with Crippen LogP contribution in [0.15, 0.2) is 60.7 Å². The lowest BCUT2D eigenvalue weighted by molar-refractivity contribution is 0.0934. The first-order chi connectivity index (χ1) is 12.5. The molecule has 0 spiro atoms. The van der Waals surface area contributed by atoms with Crippen molar-refractivity contribution in [3.63, 3.8) is 0 Å². The molecule has 0 saturated carbocycles. The third-order valence-electron chi connectivity index (χ3n) is 3.85. The number of nitrogens with zero attached hydrogens (tertiary/aromatic N) is 2. The van der Waals surface area contributed by atoms with Gasteiger partial charge in [-0.25, -0.2) is 14.4 Å². The van der Waals surface area contributed by atoms with E-state index >= 15 is 0 Å². The van der Waals surface area contributed by atoms with Crippen molar-refractivity contribution < 1.29 is 9.18 Å². The SMILES string of the molecule is Cc1cc(C(=O)NC(C)c2ccccc2)nc(Nc2ccccc2F)n1. The van der Waals surface area contributed by atoms with Gasteiger partial charge < -0.3 is 10.6 Å². The van der Waals surface area contributed by atoms with Gasteiger partial charge in [0.2, 0.25) is 5.95 Å². The Bertz CT molecular complexity index is 915. The topological polar surface area (TPSA) is 66.9 Å². The zero-order chi connectivity index (χ0) is 18.5. The van der Waals surface area contributed by atoms with E-state index < -0.39 is 5.82 Å². The monoisotopic (exact) mass is 350 g/mol. The summed E-state index contributed by atoms with van der Waals surface area (Å²) in [6.45, 7) is 3.66. The van der Waals surface area contributed by atoms with Crippen molar-refractivity contribution in [2.24, 2.45) is 0 Å². The third-order valence-corrected chi connectivity index (χ3v) is 3.85. The number of halogens is 1. The Labute approximate surface area is 151 Å². The van der Waals surface area contributed by atoms with Crippen molar-refractivity contribution in [1.82, 2.24) is 15.3 Å². The molecule has 1 unspecified atom stereocenters. The van der Waals surface area contributed by atoms with Gasteiger partial charge in [-0.2, -0.15) is 0 Å². The summed E-state index contributed by atoms with van der Waals surface area (Å²) in [5.41, 5.74) is 2.08. The zero-order valence-electron chi connectivity index (χ0n) is 14.5. The number of rotatable bonds is 5. The Morgan fingerprint density at radius 3 is 2.46 bits per heavy atom. The molecular formula is C20H19FN4O. The first-order valence-electron chi connectivity index (χ1n) is 8.26. The molecule has 3 rings (SSSR count). The van der Waals surface area contributed by atoms with E-state index in [0.29, 0.717) is 5.69 Å². The lowest BCUT2D eigenvalue weighted by Crippen LogP contribution is -2.27. The van der Waals surface area contributed by atoms with E-state index in [-0.39, 0.29) is 29.3 Å². The van der Waals surface area contributed by atoms with Gasteiger partial charge in [0.05, 0.1) is 11.7 Å². The molecule has 0 aliphatic rings. The minimum Gasteiger partial charge on any atom is -0.344 e. The number of hydrogen-bond donors (Lipinski definition) is 2. The number of carbonyl (C=O) groups is 1. The molecule has 3 aromatic rings. The molecule has 0 fully saturated rings. The van der Waals surface area contributed by atoms with Gasteiger partial charge in [0, 0.05) is 5.69 Å². The maximum absolute atomic E-state index is 13.8. The van der Waals surface area contributed by atoms with E-state index in [1.165, 1.54) is 6.07 Å². The third kappa shape index (κ3) is 4.22. The van der Waals surface area contributed by atoms with Crippen LogP contribution in [-0.4, -0.2) is 15.9 Å². The van der Waals surface area contributed by atoms with Crippen LogP contribution in [-0.2, 0) is 0 Å². The molecule has 0 aliphatic heterocycles. The average Bonchev–Trinajstić information content (AvgIpc) is 2.64. The molecule has 5 nitrogen and oxygen atoms in total. The number of anilines is 2. The Balaban J connectivity index is 1.78. The molecule has 2 N–H and O–H groups in total. The van der Waals surface area contributed by atoms with Crippen molar-refractivity contribution in [2.75, 3.05) is 5.32 Å². The highest BCUT2D eigenvalue weighted by Crippen LogP contribution is 2.18. The number of para-hydroxylation sites is 1. The predicted molar refractivity (Wildman–Crippen MR) is 98.8 cm³/mol. The van der Waals surface area contributed by atoms with Gasteiger partial charge in [-0.05, 0) is 37.6 Å². The van der Waals surface area contributed by atoms with Crippen LogP contribution in [0.3, 0.4) is 0 Å². The van der Waals surface area contributed by atoms with Crippen LogP contribution in [0.5, 0.6) is 0 Å². The van der Waals surface area contributed by atoms with Crippen LogP contribution >= 0.6 is 0 Å². The van der Waals surface area contributed by atoms with Crippen molar-refractivity contribution in [3.05, 3.63) is 83.4 Å². The van der Waals surface area contributed by atoms with Crippen LogP contribution in [0.2, 0.25) is 0 Å². The summed E-state index contributed by atoms with van der Waals surface area (Å²) < 4.78 is 13.8. The van der Waals surface area contributed by atoms with E-state index in [2.05, 4.69) is 20.6 Å². The smallest absolute Gasteiger partial charge is 0.270 e. The van der Waals surface area contributed by atoms with E-state index in [0.717, 1.165) is 5.56 Å². The normalized spacial score (nSPS) is 11.7. The number of nitrogens with one attached hydrogen (secondary N) is 2. The Morgan fingerprint density at radius 2 is 1.73 bits per heavy atom. The second-order valence-electron chi connectivity index (χ2n) is 5.93. The van der Waals surface area contributed by atoms with Gasteiger partial charge in [0.15, 0.2) is 0 Å². The standard InChI is InChI=1S/C20H19FN4O/c1-13-12-18(19(26)23-14(2)15-8-4-3-5-9-15)25-20(22-13)24-17-11-7-6-10-16(17)21/h3-12,14H,1-2H3,(H,23,26)(H,22,24,25). The number of hydrogen-bond acceptors (Lipinski definition) is 4. The molecule has 26 heavy (non-hydrogen) atoms. The molecular weight excluding hydrogens is 331 g/mol. The Hall–Kier alpha value is -3.28. The van der Waals surface area contributed by atoms with Crippen molar-refractivity contribution >= 4 is 17.5 Å². The van der Waals surface area contributed by atoms with Crippen molar-refractivity contribution in [1.29, 1.82) is 0 Å². The van der Waals surface area contributed by atoms with Crippen LogP contribution in [0.25, 0.3) is 0 Å². The Morgan fingerprint density at radius 1 is 1.04 bits per heavy atom. The number of benzene rings is 2. The highest BCUT2D eigenvalue weighted by atomic mass is 19.1. The van der Waals surface area contributed by atoms with Gasteiger partial charge in [-0.3, -0.25) is 4.79 Å². The van der Waals surface area contributed by atoms with Gasteiger partial charge in [-0.1, -0.05) is 42.5 Å². The largest absolute Gasteiger partial charge is 0.344 e. The predicted octanol–water partition coefficient (Wildman–Crippen LogP) is 4.16. The molecule has 132 valence electrons. The highest BCUT2D eigenvalue weighted by Gasteiger charge is 2.15. The summed E-state index contributed by atoms with van der Waals surface area (Å²) in [7, 11) is 0. The molecule has 6 heteroatoms. The zero-order valence-corrected chi connectivity index (χ0v) is 14.5. The number of aryl methyl sites for hydroxylation is 1. The van der Waals surface area contributed by atoms with E-state index in [4.69, 9.17) is 0 Å². The summed E-state index contributed by atoms with van der Waals surface area (Å²) in [6.07, 6.45) is 0. The average molecular weight is 350 g/mol. The summed E-state index contributed by atoms with van der Waals surface area (Å²) in [6, 6.07) is 17.3. The van der Waals surface area contributed by atoms with Crippen molar-refractivity contribution in [2.45, 2.75) is 19.9 Å². The van der Waals surface area contributed by atoms with Gasteiger partial charge in [0.1, 0.15) is 11.5 Å². The molecule has 1 atom stereocenters. The van der Waals surface area contributed by atoms with E-state index in [1.807, 2.05) is 37.3 Å². The second kappa shape index (κ2) is 7.74. The minimum absolute atomic E-state index is 0.165. The lowest BCUT2D eigenvalue weighted by Gasteiger charge is -2.14. The lowest BCUT2D eigenvalue weighted by atomic mass is 10.1. The van der Waals surface area contributed by atoms with Crippen LogP contribution in [0, 0.1) is 12.7 Å². The maximum Gasteiger partial charge on any atom is 0.270 e. The van der Waals surface area contributed by atoms with Crippen LogP contribution in [0.1, 0.15) is 34.7 Å². The maximum atomic E-state index is 13.8. The molecule has 0 radical (unpaired) electrons. The summed E-state index contributed by atoms with van der Waals surface area (Å²) in [5, 5.41) is 5.73. The fourth-order valence-electron chi connectivity index (χ4n) is 2.52. The van der Waals surface area contributed by atoms with Crippen molar-refractivity contribution in [3.8, 4) is 0 Å². The minimum atomic E-state index is -0.415. The molecule has 1 aromatic heterocycles. The van der Waals surface area contributed by atoms with E-state index in [9.17, 15) is 9.18 Å². The summed E-state index contributed by atoms with van der Waals surface area (Å²) in [4.78, 5) is 21.0. The first-order valence-corrected chi connectivity index (χ1v) is 8.26. The fourth-order valence-corrected chi connectivity index (χ4v) is 2.52. The van der Waals surface area contributed by atoms with Gasteiger partial charge in [-0.15, -0.1) is 0 Å². The van der Waals surface area contributed by atoms with Crippen LogP contribution in [0.4, 0.5) is 16.0 Å². The number of amides is 1. The molecule has 1 amide bonds. The molecule has 0 aliphatic carbocycles. The molecule has 0 saturated heterocycles. The second-order valence-corrected chi connectivity index (χ2v) is 5.93. The van der Waals surface area contributed by atoms with Crippen LogP contribution < -0.4 is 10.6 Å². The molecule has 1 heterocycles. The number of carbonyl (C=O) groups excluding carboxylic acids is 1. The van der Waals surface area contributed by atoms with E-state index in [1.54, 1.807) is 31.2 Å². The quantitative estimate of drug-likeness (QED) is 0.725. The van der Waals surface area contributed by atoms with Gasteiger partial charge in [0.25, 0.3) is 5.91 Å². The molecule has 2 aromatic carbocycles. The summed E-state index contributed by atoms with van der Waals surface area (Å²) >= 11 is 0. The first kappa shape index (κ1) is 17.5. The number of aromatic nitrogens is 2. The van der Waals surface area contributed by atoms with Gasteiger partial charge >= 0.3 is 0 Å². The molecule has 0 bridgehead atoms. The highest BCUT2D eigenvalue weighted by molar-refractivity contribution is 5.93.